The number of nitrogens with two attached hydrogens (primary N) is 1. The number of nitrogen functional groups attached to an aromatic ring is 1. The fraction of sp³-hybridized carbons (Fsp3) is 0.455. The summed E-state index contributed by atoms with van der Waals surface area (Å²) in [4.78, 5) is 15.5. The Hall–Kier alpha value is -1.62. The van der Waals surface area contributed by atoms with Gasteiger partial charge in [-0.25, -0.2) is 0 Å². The SMILES string of the molecule is COCC(C)CNC(=O)c1ccncc1N. The van der Waals surface area contributed by atoms with Crippen molar-refractivity contribution in [2.24, 2.45) is 5.92 Å². The first-order chi connectivity index (χ1) is 7.65. The van der Waals surface area contributed by atoms with Crippen LogP contribution in [0.1, 0.15) is 17.3 Å². The molecule has 1 atom stereocenters. The molecular formula is C11H17N3O2. The van der Waals surface area contributed by atoms with Gasteiger partial charge in [-0.1, -0.05) is 6.92 Å². The molecule has 16 heavy (non-hydrogen) atoms. The molecule has 0 fully saturated rings. The zero-order valence-electron chi connectivity index (χ0n) is 9.56. The molecule has 0 bridgehead atoms. The number of nitrogens with zero attached hydrogens (tertiary/aromatic N) is 1. The fourth-order valence-electron chi connectivity index (χ4n) is 1.32. The van der Waals surface area contributed by atoms with E-state index < -0.39 is 0 Å². The molecule has 0 saturated heterocycles. The molecule has 88 valence electrons. The summed E-state index contributed by atoms with van der Waals surface area (Å²) < 4.78 is 4.98. The molecule has 0 radical (unpaired) electrons. The molecule has 1 rings (SSSR count). The Balaban J connectivity index is 2.50. The number of hydrogen-bond donors (Lipinski definition) is 2. The second kappa shape index (κ2) is 6.07. The van der Waals surface area contributed by atoms with Gasteiger partial charge >= 0.3 is 0 Å². The molecule has 1 aromatic heterocycles. The van der Waals surface area contributed by atoms with Crippen molar-refractivity contribution in [1.82, 2.24) is 10.3 Å². The van der Waals surface area contributed by atoms with Crippen molar-refractivity contribution < 1.29 is 9.53 Å². The van der Waals surface area contributed by atoms with Crippen LogP contribution in [0.5, 0.6) is 0 Å². The van der Waals surface area contributed by atoms with Gasteiger partial charge < -0.3 is 15.8 Å². The number of rotatable bonds is 5. The number of pyridine rings is 1. The summed E-state index contributed by atoms with van der Waals surface area (Å²) in [6.45, 7) is 3.18. The number of nitrogens with one attached hydrogen (secondary N) is 1. The van der Waals surface area contributed by atoms with Crippen LogP contribution in [-0.2, 0) is 4.74 Å². The topological polar surface area (TPSA) is 77.2 Å². The van der Waals surface area contributed by atoms with E-state index in [0.29, 0.717) is 24.4 Å². The van der Waals surface area contributed by atoms with Crippen LogP contribution in [-0.4, -0.2) is 31.2 Å². The summed E-state index contributed by atoms with van der Waals surface area (Å²) in [6.07, 6.45) is 3.01. The van der Waals surface area contributed by atoms with Gasteiger partial charge in [-0.15, -0.1) is 0 Å². The predicted molar refractivity (Wildman–Crippen MR) is 62.0 cm³/mol. The van der Waals surface area contributed by atoms with Crippen molar-refractivity contribution >= 4 is 11.6 Å². The van der Waals surface area contributed by atoms with Crippen LogP contribution in [0.3, 0.4) is 0 Å². The van der Waals surface area contributed by atoms with E-state index in [9.17, 15) is 4.79 Å². The molecule has 0 aliphatic carbocycles. The van der Waals surface area contributed by atoms with Crippen LogP contribution in [0.25, 0.3) is 0 Å². The Morgan fingerprint density at radius 2 is 2.44 bits per heavy atom. The van der Waals surface area contributed by atoms with Crippen molar-refractivity contribution in [2.45, 2.75) is 6.92 Å². The summed E-state index contributed by atoms with van der Waals surface area (Å²) in [6, 6.07) is 1.60. The third kappa shape index (κ3) is 3.51. The summed E-state index contributed by atoms with van der Waals surface area (Å²) in [7, 11) is 1.64. The van der Waals surface area contributed by atoms with E-state index in [0.717, 1.165) is 0 Å². The van der Waals surface area contributed by atoms with E-state index in [-0.39, 0.29) is 11.8 Å². The Kier molecular flexibility index (Phi) is 4.72. The average Bonchev–Trinajstić information content (AvgIpc) is 2.27. The lowest BCUT2D eigenvalue weighted by Crippen LogP contribution is -2.30. The maximum atomic E-state index is 11.7. The van der Waals surface area contributed by atoms with Crippen LogP contribution in [0, 0.1) is 5.92 Å². The number of carbonyl (C=O) groups excluding carboxylic acids is 1. The van der Waals surface area contributed by atoms with Crippen molar-refractivity contribution in [1.29, 1.82) is 0 Å². The number of ether oxygens (including phenoxy) is 1. The van der Waals surface area contributed by atoms with E-state index in [1.54, 1.807) is 19.4 Å². The minimum atomic E-state index is -0.178. The van der Waals surface area contributed by atoms with Gasteiger partial charge in [-0.2, -0.15) is 0 Å². The second-order valence-corrected chi connectivity index (χ2v) is 3.73. The van der Waals surface area contributed by atoms with Crippen LogP contribution in [0.2, 0.25) is 0 Å². The third-order valence-electron chi connectivity index (χ3n) is 2.16. The van der Waals surface area contributed by atoms with E-state index in [1.165, 1.54) is 6.20 Å². The van der Waals surface area contributed by atoms with Crippen LogP contribution in [0.15, 0.2) is 18.5 Å². The lowest BCUT2D eigenvalue weighted by atomic mass is 10.2. The first kappa shape index (κ1) is 12.4. The predicted octanol–water partition coefficient (Wildman–Crippen LogP) is 0.676. The standard InChI is InChI=1S/C11H17N3O2/c1-8(7-16-2)5-14-11(15)9-3-4-13-6-10(9)12/h3-4,6,8H,5,7,12H2,1-2H3,(H,14,15). The zero-order chi connectivity index (χ0) is 12.0. The van der Waals surface area contributed by atoms with Crippen LogP contribution in [0.4, 0.5) is 5.69 Å². The van der Waals surface area contributed by atoms with Gasteiger partial charge in [0.05, 0.1) is 24.1 Å². The van der Waals surface area contributed by atoms with E-state index in [1.807, 2.05) is 6.92 Å². The summed E-state index contributed by atoms with van der Waals surface area (Å²) in [5.41, 5.74) is 6.48. The van der Waals surface area contributed by atoms with Gasteiger partial charge in [0.25, 0.3) is 5.91 Å². The molecule has 5 nitrogen and oxygen atoms in total. The minimum Gasteiger partial charge on any atom is -0.397 e. The van der Waals surface area contributed by atoms with Crippen LogP contribution < -0.4 is 11.1 Å². The third-order valence-corrected chi connectivity index (χ3v) is 2.16. The second-order valence-electron chi connectivity index (χ2n) is 3.73. The van der Waals surface area contributed by atoms with Gasteiger partial charge in [-0.05, 0) is 12.0 Å². The quantitative estimate of drug-likeness (QED) is 0.769. The Bertz CT molecular complexity index is 355. The number of anilines is 1. The Morgan fingerprint density at radius 3 is 3.06 bits per heavy atom. The summed E-state index contributed by atoms with van der Waals surface area (Å²) in [5, 5.41) is 2.80. The number of hydrogen-bond acceptors (Lipinski definition) is 4. The Morgan fingerprint density at radius 1 is 1.69 bits per heavy atom. The molecule has 1 aromatic rings. The first-order valence-electron chi connectivity index (χ1n) is 5.11. The molecule has 0 aromatic carbocycles. The monoisotopic (exact) mass is 223 g/mol. The fourth-order valence-corrected chi connectivity index (χ4v) is 1.32. The molecule has 1 amide bonds. The maximum Gasteiger partial charge on any atom is 0.253 e. The molecule has 1 heterocycles. The zero-order valence-corrected chi connectivity index (χ0v) is 9.56. The van der Waals surface area contributed by atoms with Gasteiger partial charge in [-0.3, -0.25) is 9.78 Å². The van der Waals surface area contributed by atoms with Gasteiger partial charge in [0.1, 0.15) is 0 Å². The van der Waals surface area contributed by atoms with Gasteiger partial charge in [0, 0.05) is 19.9 Å². The van der Waals surface area contributed by atoms with Crippen molar-refractivity contribution in [2.75, 3.05) is 26.0 Å². The highest BCUT2D eigenvalue weighted by molar-refractivity contribution is 5.98. The highest BCUT2D eigenvalue weighted by atomic mass is 16.5. The van der Waals surface area contributed by atoms with Crippen molar-refractivity contribution in [3.8, 4) is 0 Å². The van der Waals surface area contributed by atoms with Gasteiger partial charge in [0.2, 0.25) is 0 Å². The average molecular weight is 223 g/mol. The summed E-state index contributed by atoms with van der Waals surface area (Å²) >= 11 is 0. The Labute approximate surface area is 95.0 Å². The largest absolute Gasteiger partial charge is 0.397 e. The molecule has 1 unspecified atom stereocenters. The number of aromatic nitrogens is 1. The number of amides is 1. The highest BCUT2D eigenvalue weighted by Crippen LogP contribution is 2.08. The molecule has 0 spiro atoms. The van der Waals surface area contributed by atoms with E-state index in [2.05, 4.69) is 10.3 Å². The van der Waals surface area contributed by atoms with E-state index >= 15 is 0 Å². The van der Waals surface area contributed by atoms with Crippen LogP contribution >= 0.6 is 0 Å². The molecular weight excluding hydrogens is 206 g/mol. The molecule has 0 aliphatic heterocycles. The van der Waals surface area contributed by atoms with Gasteiger partial charge in [0.15, 0.2) is 0 Å². The molecule has 0 aliphatic rings. The van der Waals surface area contributed by atoms with Crippen molar-refractivity contribution in [3.63, 3.8) is 0 Å². The number of carbonyl (C=O) groups is 1. The minimum absolute atomic E-state index is 0.178. The first-order valence-corrected chi connectivity index (χ1v) is 5.11. The molecule has 5 heteroatoms. The summed E-state index contributed by atoms with van der Waals surface area (Å²) in [5.74, 6) is 0.0971. The lowest BCUT2D eigenvalue weighted by molar-refractivity contribution is 0.0935. The molecule has 3 N–H and O–H groups in total. The lowest BCUT2D eigenvalue weighted by Gasteiger charge is -2.12. The van der Waals surface area contributed by atoms with E-state index in [4.69, 9.17) is 10.5 Å². The van der Waals surface area contributed by atoms with Crippen molar-refractivity contribution in [3.05, 3.63) is 24.0 Å². The normalized spacial score (nSPS) is 12.1. The highest BCUT2D eigenvalue weighted by Gasteiger charge is 2.10. The number of methoxy groups -OCH3 is 1. The maximum absolute atomic E-state index is 11.7. The molecule has 0 saturated carbocycles. The smallest absolute Gasteiger partial charge is 0.253 e.